The summed E-state index contributed by atoms with van der Waals surface area (Å²) in [6, 6.07) is 10.6. The van der Waals surface area contributed by atoms with Gasteiger partial charge in [-0.1, -0.05) is 29.8 Å². The molecule has 3 nitrogen and oxygen atoms in total. The molecule has 0 saturated heterocycles. The highest BCUT2D eigenvalue weighted by atomic mass is 35.5. The van der Waals surface area contributed by atoms with Crippen molar-refractivity contribution in [2.45, 2.75) is 11.6 Å². The van der Waals surface area contributed by atoms with E-state index in [0.29, 0.717) is 10.6 Å². The van der Waals surface area contributed by atoms with E-state index in [1.807, 2.05) is 12.3 Å². The van der Waals surface area contributed by atoms with Crippen LogP contribution in [0.25, 0.3) is 0 Å². The van der Waals surface area contributed by atoms with Gasteiger partial charge in [0, 0.05) is 11.8 Å². The number of nitrogens with zero attached hydrogens (tertiary/aromatic N) is 1. The molecule has 0 saturated carbocycles. The average Bonchev–Trinajstić information content (AvgIpc) is 2.46. The smallest absolute Gasteiger partial charge is 0.338 e. The summed E-state index contributed by atoms with van der Waals surface area (Å²) in [5.41, 5.74) is 1.30. The Labute approximate surface area is 121 Å². The second-order valence-corrected chi connectivity index (χ2v) is 4.98. The van der Waals surface area contributed by atoms with Crippen LogP contribution in [0.3, 0.4) is 0 Å². The van der Waals surface area contributed by atoms with E-state index in [2.05, 4.69) is 4.98 Å². The van der Waals surface area contributed by atoms with Gasteiger partial charge >= 0.3 is 5.97 Å². The molecule has 1 aromatic carbocycles. The molecular formula is C14H12ClNO2S. The Balaban J connectivity index is 1.99. The van der Waals surface area contributed by atoms with Crippen molar-refractivity contribution in [3.05, 3.63) is 58.7 Å². The van der Waals surface area contributed by atoms with Crippen LogP contribution in [0.2, 0.25) is 5.02 Å². The molecule has 1 heterocycles. The number of hydrogen-bond donors (Lipinski definition) is 0. The zero-order valence-corrected chi connectivity index (χ0v) is 11.9. The van der Waals surface area contributed by atoms with E-state index in [4.69, 9.17) is 16.3 Å². The van der Waals surface area contributed by atoms with Crippen molar-refractivity contribution >= 4 is 29.3 Å². The van der Waals surface area contributed by atoms with Gasteiger partial charge in [-0.25, -0.2) is 9.78 Å². The lowest BCUT2D eigenvalue weighted by Gasteiger charge is -2.06. The Hall–Kier alpha value is -1.52. The number of esters is 1. The third kappa shape index (κ3) is 3.72. The predicted molar refractivity (Wildman–Crippen MR) is 76.6 cm³/mol. The maximum Gasteiger partial charge on any atom is 0.338 e. The summed E-state index contributed by atoms with van der Waals surface area (Å²) in [7, 11) is 0. The van der Waals surface area contributed by atoms with Crippen molar-refractivity contribution in [3.63, 3.8) is 0 Å². The minimum absolute atomic E-state index is 0.162. The Kier molecular flexibility index (Phi) is 4.82. The molecule has 0 bridgehead atoms. The fourth-order valence-electron chi connectivity index (χ4n) is 1.50. The Bertz CT molecular complexity index is 575. The maximum absolute atomic E-state index is 11.7. The highest BCUT2D eigenvalue weighted by Crippen LogP contribution is 2.23. The number of pyridine rings is 1. The van der Waals surface area contributed by atoms with Crippen LogP contribution in [0.4, 0.5) is 0 Å². The van der Waals surface area contributed by atoms with Gasteiger partial charge in [0.1, 0.15) is 11.6 Å². The Morgan fingerprint density at radius 2 is 2.11 bits per heavy atom. The van der Waals surface area contributed by atoms with E-state index in [9.17, 15) is 4.79 Å². The minimum Gasteiger partial charge on any atom is -0.457 e. The van der Waals surface area contributed by atoms with Gasteiger partial charge in [0.15, 0.2) is 0 Å². The number of aromatic nitrogens is 1. The molecule has 0 fully saturated rings. The lowest BCUT2D eigenvalue weighted by atomic mass is 10.2. The van der Waals surface area contributed by atoms with Crippen LogP contribution in [0.1, 0.15) is 15.9 Å². The molecule has 0 spiro atoms. The first-order valence-electron chi connectivity index (χ1n) is 5.61. The van der Waals surface area contributed by atoms with Crippen molar-refractivity contribution < 1.29 is 9.53 Å². The standard InChI is InChI=1S/C14H12ClNO2S/c1-19-13-12(15)7-10(8-16-13)9-18-14(17)11-5-3-2-4-6-11/h2-8H,9H2,1H3. The summed E-state index contributed by atoms with van der Waals surface area (Å²) in [4.78, 5) is 15.9. The number of benzene rings is 1. The van der Waals surface area contributed by atoms with E-state index >= 15 is 0 Å². The van der Waals surface area contributed by atoms with Crippen LogP contribution < -0.4 is 0 Å². The first-order chi connectivity index (χ1) is 9.20. The van der Waals surface area contributed by atoms with Crippen molar-refractivity contribution in [2.75, 3.05) is 6.26 Å². The molecule has 1 aromatic heterocycles. The van der Waals surface area contributed by atoms with Gasteiger partial charge in [0.25, 0.3) is 0 Å². The molecule has 98 valence electrons. The van der Waals surface area contributed by atoms with Gasteiger partial charge in [-0.15, -0.1) is 11.8 Å². The third-order valence-electron chi connectivity index (χ3n) is 2.44. The number of rotatable bonds is 4. The van der Waals surface area contributed by atoms with Crippen LogP contribution >= 0.6 is 23.4 Å². The normalized spacial score (nSPS) is 10.2. The largest absolute Gasteiger partial charge is 0.457 e. The number of carbonyl (C=O) groups is 1. The molecular weight excluding hydrogens is 282 g/mol. The lowest BCUT2D eigenvalue weighted by molar-refractivity contribution is 0.0472. The monoisotopic (exact) mass is 293 g/mol. The van der Waals surface area contributed by atoms with Gasteiger partial charge < -0.3 is 4.74 Å². The van der Waals surface area contributed by atoms with Crippen LogP contribution in [0.15, 0.2) is 47.6 Å². The maximum atomic E-state index is 11.7. The predicted octanol–water partition coefficient (Wildman–Crippen LogP) is 3.81. The van der Waals surface area contributed by atoms with Crippen LogP contribution in [-0.4, -0.2) is 17.2 Å². The van der Waals surface area contributed by atoms with Crippen molar-refractivity contribution in [3.8, 4) is 0 Å². The van der Waals surface area contributed by atoms with Gasteiger partial charge in [-0.2, -0.15) is 0 Å². The fraction of sp³-hybridized carbons (Fsp3) is 0.143. The quantitative estimate of drug-likeness (QED) is 0.635. The lowest BCUT2D eigenvalue weighted by Crippen LogP contribution is -2.05. The molecule has 0 unspecified atom stereocenters. The molecule has 5 heteroatoms. The van der Waals surface area contributed by atoms with Crippen molar-refractivity contribution in [2.24, 2.45) is 0 Å². The van der Waals surface area contributed by atoms with Crippen LogP contribution in [0, 0.1) is 0 Å². The zero-order valence-electron chi connectivity index (χ0n) is 10.3. The fourth-order valence-corrected chi connectivity index (χ4v) is 2.33. The first-order valence-corrected chi connectivity index (χ1v) is 7.21. The average molecular weight is 294 g/mol. The van der Waals surface area contributed by atoms with Crippen molar-refractivity contribution in [1.82, 2.24) is 4.98 Å². The van der Waals surface area contributed by atoms with Crippen molar-refractivity contribution in [1.29, 1.82) is 0 Å². The summed E-state index contributed by atoms with van der Waals surface area (Å²) in [6.45, 7) is 0.162. The SMILES string of the molecule is CSc1ncc(COC(=O)c2ccccc2)cc1Cl. The molecule has 0 radical (unpaired) electrons. The summed E-state index contributed by atoms with van der Waals surface area (Å²) < 4.78 is 5.20. The summed E-state index contributed by atoms with van der Waals surface area (Å²) >= 11 is 7.51. The number of halogens is 1. The number of ether oxygens (including phenoxy) is 1. The second-order valence-electron chi connectivity index (χ2n) is 3.78. The molecule has 0 amide bonds. The highest BCUT2D eigenvalue weighted by molar-refractivity contribution is 7.98. The third-order valence-corrected chi connectivity index (χ3v) is 3.55. The molecule has 2 rings (SSSR count). The van der Waals surface area contributed by atoms with E-state index in [0.717, 1.165) is 10.6 Å². The highest BCUT2D eigenvalue weighted by Gasteiger charge is 2.08. The van der Waals surface area contributed by atoms with E-state index in [1.165, 1.54) is 11.8 Å². The van der Waals surface area contributed by atoms with E-state index < -0.39 is 0 Å². The molecule has 0 atom stereocenters. The molecule has 2 aromatic rings. The molecule has 0 aliphatic heterocycles. The minimum atomic E-state index is -0.356. The van der Waals surface area contributed by atoms with E-state index in [1.54, 1.807) is 36.5 Å². The second kappa shape index (κ2) is 6.59. The van der Waals surface area contributed by atoms with Gasteiger partial charge in [-0.3, -0.25) is 0 Å². The summed E-state index contributed by atoms with van der Waals surface area (Å²) in [5, 5.41) is 1.33. The number of thioether (sulfide) groups is 1. The first kappa shape index (κ1) is 13.9. The molecule has 0 aliphatic carbocycles. The Morgan fingerprint density at radius 1 is 1.37 bits per heavy atom. The Morgan fingerprint density at radius 3 is 2.74 bits per heavy atom. The number of hydrogen-bond acceptors (Lipinski definition) is 4. The van der Waals surface area contributed by atoms with Crippen LogP contribution in [-0.2, 0) is 11.3 Å². The summed E-state index contributed by atoms with van der Waals surface area (Å²) in [5.74, 6) is -0.356. The summed E-state index contributed by atoms with van der Waals surface area (Å²) in [6.07, 6.45) is 3.57. The number of carbonyl (C=O) groups excluding carboxylic acids is 1. The van der Waals surface area contributed by atoms with E-state index in [-0.39, 0.29) is 12.6 Å². The zero-order chi connectivity index (χ0) is 13.7. The van der Waals surface area contributed by atoms with Gasteiger partial charge in [0.05, 0.1) is 10.6 Å². The van der Waals surface area contributed by atoms with Crippen LogP contribution in [0.5, 0.6) is 0 Å². The molecule has 0 aliphatic rings. The molecule has 19 heavy (non-hydrogen) atoms. The molecule has 0 N–H and O–H groups in total. The van der Waals surface area contributed by atoms with Gasteiger partial charge in [-0.05, 0) is 24.5 Å². The topological polar surface area (TPSA) is 39.2 Å². The van der Waals surface area contributed by atoms with Gasteiger partial charge in [0.2, 0.25) is 0 Å².